The molecule has 0 aliphatic heterocycles. The number of hydrogen-bond acceptors (Lipinski definition) is 4. The van der Waals surface area contributed by atoms with Gasteiger partial charge in [0.05, 0.1) is 23.6 Å². The SMILES string of the molecule is CNC(c1ccsc1)c1cnnn1-c1ccccc1. The number of thiophene rings is 1. The molecule has 3 aromatic rings. The highest BCUT2D eigenvalue weighted by Crippen LogP contribution is 2.24. The molecule has 1 aromatic carbocycles. The van der Waals surface area contributed by atoms with Crippen molar-refractivity contribution in [1.82, 2.24) is 20.3 Å². The van der Waals surface area contributed by atoms with Gasteiger partial charge in [-0.3, -0.25) is 0 Å². The van der Waals surface area contributed by atoms with Gasteiger partial charge in [0.2, 0.25) is 0 Å². The number of hydrogen-bond donors (Lipinski definition) is 1. The molecule has 0 fully saturated rings. The average Bonchev–Trinajstić information content (AvgIpc) is 3.12. The van der Waals surface area contributed by atoms with Crippen molar-refractivity contribution in [3.8, 4) is 5.69 Å². The molecule has 19 heavy (non-hydrogen) atoms. The molecule has 0 amide bonds. The molecule has 0 saturated carbocycles. The summed E-state index contributed by atoms with van der Waals surface area (Å²) in [5, 5.41) is 15.8. The summed E-state index contributed by atoms with van der Waals surface area (Å²) in [6.07, 6.45) is 1.81. The first kappa shape index (κ1) is 12.1. The second kappa shape index (κ2) is 5.34. The highest BCUT2D eigenvalue weighted by molar-refractivity contribution is 7.08. The van der Waals surface area contributed by atoms with E-state index in [-0.39, 0.29) is 6.04 Å². The molecule has 1 N–H and O–H groups in total. The topological polar surface area (TPSA) is 42.7 Å². The van der Waals surface area contributed by atoms with Crippen molar-refractivity contribution >= 4 is 11.3 Å². The van der Waals surface area contributed by atoms with E-state index in [0.29, 0.717) is 0 Å². The summed E-state index contributed by atoms with van der Waals surface area (Å²) in [4.78, 5) is 0. The summed E-state index contributed by atoms with van der Waals surface area (Å²) in [6.45, 7) is 0. The first-order valence-corrected chi connectivity index (χ1v) is 7.00. The van der Waals surface area contributed by atoms with Gasteiger partial charge in [-0.25, -0.2) is 4.68 Å². The summed E-state index contributed by atoms with van der Waals surface area (Å²) in [5.41, 5.74) is 3.28. The Morgan fingerprint density at radius 1 is 1.21 bits per heavy atom. The van der Waals surface area contributed by atoms with Gasteiger partial charge in [-0.2, -0.15) is 11.3 Å². The Bertz CT molecular complexity index is 631. The van der Waals surface area contributed by atoms with Gasteiger partial charge in [0.25, 0.3) is 0 Å². The maximum atomic E-state index is 4.20. The minimum Gasteiger partial charge on any atom is -0.308 e. The number of aromatic nitrogens is 3. The second-order valence-electron chi connectivity index (χ2n) is 4.18. The van der Waals surface area contributed by atoms with Crippen molar-refractivity contribution in [2.24, 2.45) is 0 Å². The van der Waals surface area contributed by atoms with E-state index in [9.17, 15) is 0 Å². The van der Waals surface area contributed by atoms with E-state index in [4.69, 9.17) is 0 Å². The van der Waals surface area contributed by atoms with E-state index in [1.54, 1.807) is 11.3 Å². The van der Waals surface area contributed by atoms with Crippen LogP contribution in [0, 0.1) is 0 Å². The molecule has 0 spiro atoms. The Morgan fingerprint density at radius 2 is 2.05 bits per heavy atom. The van der Waals surface area contributed by atoms with Crippen LogP contribution in [0.15, 0.2) is 53.4 Å². The van der Waals surface area contributed by atoms with Gasteiger partial charge < -0.3 is 5.32 Å². The van der Waals surface area contributed by atoms with E-state index in [1.165, 1.54) is 5.56 Å². The van der Waals surface area contributed by atoms with Crippen LogP contribution in [-0.2, 0) is 0 Å². The summed E-state index contributed by atoms with van der Waals surface area (Å²) >= 11 is 1.69. The standard InChI is InChI=1S/C14H14N4S/c1-15-14(11-7-8-19-10-11)13-9-16-17-18(13)12-5-3-2-4-6-12/h2-10,14-15H,1H3. The summed E-state index contributed by atoms with van der Waals surface area (Å²) in [6, 6.07) is 12.3. The molecule has 2 aromatic heterocycles. The Labute approximate surface area is 115 Å². The van der Waals surface area contributed by atoms with E-state index in [2.05, 4.69) is 32.5 Å². The van der Waals surface area contributed by atoms with Crippen molar-refractivity contribution in [1.29, 1.82) is 0 Å². The number of nitrogens with zero attached hydrogens (tertiary/aromatic N) is 3. The van der Waals surface area contributed by atoms with Crippen LogP contribution >= 0.6 is 11.3 Å². The van der Waals surface area contributed by atoms with Crippen LogP contribution in [0.3, 0.4) is 0 Å². The van der Waals surface area contributed by atoms with Gasteiger partial charge in [-0.05, 0) is 41.6 Å². The highest BCUT2D eigenvalue weighted by Gasteiger charge is 2.18. The largest absolute Gasteiger partial charge is 0.308 e. The normalized spacial score (nSPS) is 12.5. The lowest BCUT2D eigenvalue weighted by Crippen LogP contribution is -2.20. The number of nitrogens with one attached hydrogen (secondary N) is 1. The third kappa shape index (κ3) is 2.30. The number of benzene rings is 1. The molecule has 0 radical (unpaired) electrons. The summed E-state index contributed by atoms with van der Waals surface area (Å²) in [5.74, 6) is 0. The Kier molecular flexibility index (Phi) is 3.39. The second-order valence-corrected chi connectivity index (χ2v) is 4.96. The fourth-order valence-electron chi connectivity index (χ4n) is 2.13. The van der Waals surface area contributed by atoms with Crippen LogP contribution in [0.1, 0.15) is 17.3 Å². The first-order valence-electron chi connectivity index (χ1n) is 6.05. The van der Waals surface area contributed by atoms with E-state index in [1.807, 2.05) is 48.3 Å². The van der Waals surface area contributed by atoms with Crippen molar-refractivity contribution in [2.75, 3.05) is 7.05 Å². The predicted octanol–water partition coefficient (Wildman–Crippen LogP) is 2.64. The van der Waals surface area contributed by atoms with E-state index in [0.717, 1.165) is 11.4 Å². The molecule has 0 aliphatic rings. The fourth-order valence-corrected chi connectivity index (χ4v) is 2.82. The molecule has 96 valence electrons. The van der Waals surface area contributed by atoms with Crippen molar-refractivity contribution < 1.29 is 0 Å². The van der Waals surface area contributed by atoms with Crippen LogP contribution in [0.25, 0.3) is 5.69 Å². The maximum absolute atomic E-state index is 4.20. The fraction of sp³-hybridized carbons (Fsp3) is 0.143. The van der Waals surface area contributed by atoms with Crippen molar-refractivity contribution in [3.63, 3.8) is 0 Å². The monoisotopic (exact) mass is 270 g/mol. The Morgan fingerprint density at radius 3 is 2.74 bits per heavy atom. The lowest BCUT2D eigenvalue weighted by molar-refractivity contribution is 0.635. The van der Waals surface area contributed by atoms with Gasteiger partial charge in [0.15, 0.2) is 0 Å². The van der Waals surface area contributed by atoms with Gasteiger partial charge in [-0.15, -0.1) is 5.10 Å². The van der Waals surface area contributed by atoms with Gasteiger partial charge >= 0.3 is 0 Å². The number of para-hydroxylation sites is 1. The molecule has 5 heteroatoms. The smallest absolute Gasteiger partial charge is 0.0860 e. The van der Waals surface area contributed by atoms with Gasteiger partial charge in [-0.1, -0.05) is 23.4 Å². The molecule has 0 aliphatic carbocycles. The van der Waals surface area contributed by atoms with Gasteiger partial charge in [0.1, 0.15) is 0 Å². The van der Waals surface area contributed by atoms with Crippen LogP contribution in [0.5, 0.6) is 0 Å². The zero-order chi connectivity index (χ0) is 13.1. The van der Waals surface area contributed by atoms with Crippen LogP contribution in [-0.4, -0.2) is 22.0 Å². The molecule has 0 saturated heterocycles. The summed E-state index contributed by atoms with van der Waals surface area (Å²) in [7, 11) is 1.95. The van der Waals surface area contributed by atoms with E-state index >= 15 is 0 Å². The molecule has 1 atom stereocenters. The quantitative estimate of drug-likeness (QED) is 0.792. The third-order valence-electron chi connectivity index (χ3n) is 3.04. The number of rotatable bonds is 4. The zero-order valence-corrected chi connectivity index (χ0v) is 11.3. The van der Waals surface area contributed by atoms with Crippen LogP contribution in [0.4, 0.5) is 0 Å². The Hall–Kier alpha value is -1.98. The van der Waals surface area contributed by atoms with E-state index < -0.39 is 0 Å². The molecule has 4 nitrogen and oxygen atoms in total. The molecule has 3 rings (SSSR count). The minimum atomic E-state index is 0.0986. The Balaban J connectivity index is 2.04. The summed E-state index contributed by atoms with van der Waals surface area (Å²) < 4.78 is 1.87. The molecule has 2 heterocycles. The first-order chi connectivity index (χ1) is 9.40. The van der Waals surface area contributed by atoms with Gasteiger partial charge in [0, 0.05) is 0 Å². The lowest BCUT2D eigenvalue weighted by Gasteiger charge is -2.16. The molecule has 0 bridgehead atoms. The van der Waals surface area contributed by atoms with Crippen molar-refractivity contribution in [3.05, 3.63) is 64.6 Å². The predicted molar refractivity (Wildman–Crippen MR) is 76.6 cm³/mol. The average molecular weight is 270 g/mol. The third-order valence-corrected chi connectivity index (χ3v) is 3.74. The molecular weight excluding hydrogens is 256 g/mol. The highest BCUT2D eigenvalue weighted by atomic mass is 32.1. The minimum absolute atomic E-state index is 0.0986. The van der Waals surface area contributed by atoms with Crippen LogP contribution < -0.4 is 5.32 Å². The molecule has 1 unspecified atom stereocenters. The lowest BCUT2D eigenvalue weighted by atomic mass is 10.1. The van der Waals surface area contributed by atoms with Crippen molar-refractivity contribution in [2.45, 2.75) is 6.04 Å². The molecular formula is C14H14N4S. The zero-order valence-electron chi connectivity index (χ0n) is 10.5. The maximum Gasteiger partial charge on any atom is 0.0860 e. The van der Waals surface area contributed by atoms with Crippen LogP contribution in [0.2, 0.25) is 0 Å².